The first kappa shape index (κ1) is 14.3. The zero-order valence-electron chi connectivity index (χ0n) is 12.1. The molecule has 4 heteroatoms. The van der Waals surface area contributed by atoms with E-state index in [1.807, 2.05) is 11.4 Å². The molecular weight excluding hydrogens is 292 g/mol. The number of nitrogens with zero attached hydrogens (tertiary/aromatic N) is 2. The Morgan fingerprint density at radius 3 is 2.77 bits per heavy atom. The third kappa shape index (κ3) is 3.00. The second-order valence-electron chi connectivity index (χ2n) is 4.77. The highest BCUT2D eigenvalue weighted by Crippen LogP contribution is 2.27. The fourth-order valence-corrected chi connectivity index (χ4v) is 2.89. The van der Waals surface area contributed by atoms with Crippen LogP contribution in [0.25, 0.3) is 22.9 Å². The maximum Gasteiger partial charge on any atom is 0.134 e. The number of hydrogen-bond donors (Lipinski definition) is 0. The molecule has 0 bridgehead atoms. The van der Waals surface area contributed by atoms with Gasteiger partial charge in [-0.25, -0.2) is 4.98 Å². The molecule has 22 heavy (non-hydrogen) atoms. The molecule has 0 spiro atoms. The number of allylic oxidation sites excluding steroid dienone is 1. The molecular formula is C18H14N2OS. The number of rotatable bonds is 4. The fourth-order valence-electron chi connectivity index (χ4n) is 2.10. The van der Waals surface area contributed by atoms with Crippen LogP contribution in [-0.4, -0.2) is 4.98 Å². The number of nitriles is 1. The van der Waals surface area contributed by atoms with Gasteiger partial charge in [-0.3, -0.25) is 0 Å². The lowest BCUT2D eigenvalue weighted by Crippen LogP contribution is -1.84. The van der Waals surface area contributed by atoms with E-state index in [0.29, 0.717) is 16.3 Å². The molecule has 0 saturated heterocycles. The van der Waals surface area contributed by atoms with Crippen LogP contribution >= 0.6 is 11.3 Å². The number of aromatic nitrogens is 1. The van der Waals surface area contributed by atoms with Crippen molar-refractivity contribution in [3.8, 4) is 17.3 Å². The maximum atomic E-state index is 9.33. The van der Waals surface area contributed by atoms with Crippen LogP contribution in [0.1, 0.15) is 23.3 Å². The highest BCUT2D eigenvalue weighted by Gasteiger charge is 2.09. The zero-order chi connectivity index (χ0) is 15.4. The molecule has 0 saturated carbocycles. The molecule has 0 aliphatic rings. The largest absolute Gasteiger partial charge is 0.465 e. The highest BCUT2D eigenvalue weighted by molar-refractivity contribution is 7.11. The molecule has 0 atom stereocenters. The van der Waals surface area contributed by atoms with Crippen molar-refractivity contribution in [2.75, 3.05) is 0 Å². The quantitative estimate of drug-likeness (QED) is 0.635. The Labute approximate surface area is 133 Å². The van der Waals surface area contributed by atoms with Crippen molar-refractivity contribution < 1.29 is 4.42 Å². The van der Waals surface area contributed by atoms with Crippen LogP contribution in [0.15, 0.2) is 52.5 Å². The standard InChI is InChI=1S/C18H14N2OS/c1-2-13-5-7-14(8-6-13)17-12-22-18(20-17)15(11-19)10-16-4-3-9-21-16/h3-10,12H,2H2,1H3. The van der Waals surface area contributed by atoms with Crippen molar-refractivity contribution in [2.24, 2.45) is 0 Å². The van der Waals surface area contributed by atoms with E-state index >= 15 is 0 Å². The Morgan fingerprint density at radius 2 is 2.14 bits per heavy atom. The molecule has 0 fully saturated rings. The Bertz CT molecular complexity index is 821. The van der Waals surface area contributed by atoms with Crippen LogP contribution in [0, 0.1) is 11.3 Å². The molecule has 3 nitrogen and oxygen atoms in total. The van der Waals surface area contributed by atoms with Crippen molar-refractivity contribution in [3.63, 3.8) is 0 Å². The summed E-state index contributed by atoms with van der Waals surface area (Å²) >= 11 is 1.47. The van der Waals surface area contributed by atoms with E-state index in [1.165, 1.54) is 16.9 Å². The summed E-state index contributed by atoms with van der Waals surface area (Å²) in [6.45, 7) is 2.13. The first-order valence-corrected chi connectivity index (χ1v) is 7.88. The van der Waals surface area contributed by atoms with E-state index in [-0.39, 0.29) is 0 Å². The second kappa shape index (κ2) is 6.42. The third-order valence-electron chi connectivity index (χ3n) is 3.34. The third-order valence-corrected chi connectivity index (χ3v) is 4.22. The van der Waals surface area contributed by atoms with Crippen LogP contribution in [0.2, 0.25) is 0 Å². The van der Waals surface area contributed by atoms with Gasteiger partial charge < -0.3 is 4.42 Å². The lowest BCUT2D eigenvalue weighted by Gasteiger charge is -1.99. The fraction of sp³-hybridized carbons (Fsp3) is 0.111. The monoisotopic (exact) mass is 306 g/mol. The summed E-state index contributed by atoms with van der Waals surface area (Å²) in [4.78, 5) is 4.57. The molecule has 108 valence electrons. The molecule has 0 unspecified atom stereocenters. The van der Waals surface area contributed by atoms with E-state index in [0.717, 1.165) is 17.7 Å². The van der Waals surface area contributed by atoms with Crippen LogP contribution < -0.4 is 0 Å². The van der Waals surface area contributed by atoms with Crippen molar-refractivity contribution in [1.82, 2.24) is 4.98 Å². The number of thiazole rings is 1. The Morgan fingerprint density at radius 1 is 1.32 bits per heavy atom. The minimum Gasteiger partial charge on any atom is -0.465 e. The molecule has 0 amide bonds. The lowest BCUT2D eigenvalue weighted by molar-refractivity contribution is 0.557. The number of benzene rings is 1. The van der Waals surface area contributed by atoms with Crippen LogP contribution in [0.3, 0.4) is 0 Å². The van der Waals surface area contributed by atoms with Gasteiger partial charge in [0.05, 0.1) is 17.5 Å². The maximum absolute atomic E-state index is 9.33. The first-order valence-electron chi connectivity index (χ1n) is 7.00. The van der Waals surface area contributed by atoms with Crippen molar-refractivity contribution in [1.29, 1.82) is 5.26 Å². The molecule has 1 aromatic carbocycles. The van der Waals surface area contributed by atoms with Gasteiger partial charge in [-0.2, -0.15) is 5.26 Å². The Kier molecular flexibility index (Phi) is 4.17. The minimum absolute atomic E-state index is 0.511. The van der Waals surface area contributed by atoms with Gasteiger partial charge in [0.25, 0.3) is 0 Å². The summed E-state index contributed by atoms with van der Waals surface area (Å²) in [5.74, 6) is 0.653. The smallest absolute Gasteiger partial charge is 0.134 e. The van der Waals surface area contributed by atoms with E-state index in [2.05, 4.69) is 42.2 Å². The summed E-state index contributed by atoms with van der Waals surface area (Å²) in [6.07, 6.45) is 4.32. The van der Waals surface area contributed by atoms with Crippen LogP contribution in [-0.2, 0) is 6.42 Å². The Balaban J connectivity index is 1.90. The second-order valence-corrected chi connectivity index (χ2v) is 5.63. The van der Waals surface area contributed by atoms with E-state index in [1.54, 1.807) is 18.4 Å². The SMILES string of the molecule is CCc1ccc(-c2csc(C(C#N)=Cc3ccco3)n2)cc1. The number of hydrogen-bond acceptors (Lipinski definition) is 4. The van der Waals surface area contributed by atoms with Crippen molar-refractivity contribution in [3.05, 3.63) is 64.4 Å². The predicted octanol–water partition coefficient (Wildman–Crippen LogP) is 5.03. The van der Waals surface area contributed by atoms with Gasteiger partial charge in [0.2, 0.25) is 0 Å². The van der Waals surface area contributed by atoms with E-state index in [4.69, 9.17) is 4.42 Å². The molecule has 0 aliphatic heterocycles. The molecule has 3 aromatic rings. The number of aryl methyl sites for hydroxylation is 1. The van der Waals surface area contributed by atoms with Gasteiger partial charge in [-0.05, 0) is 24.1 Å². The molecule has 2 aromatic heterocycles. The Hall–Kier alpha value is -2.64. The molecule has 3 rings (SSSR count). The normalized spacial score (nSPS) is 11.4. The van der Waals surface area contributed by atoms with Gasteiger partial charge in [-0.15, -0.1) is 11.3 Å². The summed E-state index contributed by atoms with van der Waals surface area (Å²) in [6, 6.07) is 14.2. The zero-order valence-corrected chi connectivity index (χ0v) is 12.9. The minimum atomic E-state index is 0.511. The molecule has 0 N–H and O–H groups in total. The van der Waals surface area contributed by atoms with Gasteiger partial charge in [0.15, 0.2) is 0 Å². The van der Waals surface area contributed by atoms with Gasteiger partial charge in [0, 0.05) is 17.0 Å². The average Bonchev–Trinajstić information content (AvgIpc) is 3.24. The van der Waals surface area contributed by atoms with Gasteiger partial charge in [-0.1, -0.05) is 31.2 Å². The topological polar surface area (TPSA) is 49.8 Å². The predicted molar refractivity (Wildman–Crippen MR) is 89.1 cm³/mol. The molecule has 0 aliphatic carbocycles. The number of furan rings is 1. The van der Waals surface area contributed by atoms with Crippen LogP contribution in [0.4, 0.5) is 0 Å². The van der Waals surface area contributed by atoms with E-state index in [9.17, 15) is 5.26 Å². The van der Waals surface area contributed by atoms with Gasteiger partial charge >= 0.3 is 0 Å². The van der Waals surface area contributed by atoms with Gasteiger partial charge in [0.1, 0.15) is 16.8 Å². The lowest BCUT2D eigenvalue weighted by atomic mass is 10.1. The summed E-state index contributed by atoms with van der Waals surface area (Å²) < 4.78 is 5.25. The highest BCUT2D eigenvalue weighted by atomic mass is 32.1. The molecule has 0 radical (unpaired) electrons. The average molecular weight is 306 g/mol. The molecule has 2 heterocycles. The van der Waals surface area contributed by atoms with Crippen LogP contribution in [0.5, 0.6) is 0 Å². The summed E-state index contributed by atoms with van der Waals surface area (Å²) in [7, 11) is 0. The van der Waals surface area contributed by atoms with Crippen molar-refractivity contribution >= 4 is 23.0 Å². The summed E-state index contributed by atoms with van der Waals surface area (Å²) in [5.41, 5.74) is 3.77. The van der Waals surface area contributed by atoms with E-state index < -0.39 is 0 Å². The first-order chi connectivity index (χ1) is 10.8. The van der Waals surface area contributed by atoms with Crippen molar-refractivity contribution in [2.45, 2.75) is 13.3 Å². The summed E-state index contributed by atoms with van der Waals surface area (Å²) in [5, 5.41) is 12.0.